The van der Waals surface area contributed by atoms with E-state index in [0.717, 1.165) is 5.56 Å². The minimum atomic E-state index is -0.824. The van der Waals surface area contributed by atoms with Gasteiger partial charge >= 0.3 is 6.09 Å². The first-order valence-corrected chi connectivity index (χ1v) is 9.77. The predicted molar refractivity (Wildman–Crippen MR) is 114 cm³/mol. The maximum atomic E-state index is 12.9. The van der Waals surface area contributed by atoms with Crippen molar-refractivity contribution in [1.29, 1.82) is 0 Å². The maximum absolute atomic E-state index is 12.9. The van der Waals surface area contributed by atoms with Crippen molar-refractivity contribution < 1.29 is 19.1 Å². The Morgan fingerprint density at radius 2 is 1.90 bits per heavy atom. The summed E-state index contributed by atoms with van der Waals surface area (Å²) in [6.07, 6.45) is 1.00. The van der Waals surface area contributed by atoms with Crippen molar-refractivity contribution in [1.82, 2.24) is 15.5 Å². The molecule has 0 heterocycles. The molecule has 0 bridgehead atoms. The average Bonchev–Trinajstić information content (AvgIpc) is 2.61. The molecule has 0 spiro atoms. The average molecular weight is 404 g/mol. The molecule has 1 unspecified atom stereocenters. The van der Waals surface area contributed by atoms with Gasteiger partial charge in [-0.25, -0.2) is 4.79 Å². The molecule has 1 atom stereocenters. The number of likely N-dealkylation sites (N-methyl/N-ethyl adjacent to an activating group) is 1. The molecule has 1 aromatic rings. The Kier molecular flexibility index (Phi) is 8.88. The van der Waals surface area contributed by atoms with Gasteiger partial charge in [-0.05, 0) is 58.7 Å². The summed E-state index contributed by atoms with van der Waals surface area (Å²) < 4.78 is 5.17. The topological polar surface area (TPSA) is 87.7 Å². The zero-order valence-corrected chi connectivity index (χ0v) is 18.2. The molecule has 0 aliphatic rings. The molecular weight excluding hydrogens is 370 g/mol. The van der Waals surface area contributed by atoms with Crippen LogP contribution in [0, 0.1) is 0 Å². The van der Waals surface area contributed by atoms with Crippen molar-refractivity contribution in [2.45, 2.75) is 59.2 Å². The second kappa shape index (κ2) is 10.6. The Hall–Kier alpha value is -2.83. The third-order valence-corrected chi connectivity index (χ3v) is 3.90. The summed E-state index contributed by atoms with van der Waals surface area (Å²) in [6.45, 7) is 14.5. The van der Waals surface area contributed by atoms with Crippen molar-refractivity contribution in [2.75, 3.05) is 13.1 Å². The number of nitrogens with zero attached hydrogens (tertiary/aromatic N) is 1. The van der Waals surface area contributed by atoms with Gasteiger partial charge in [0.05, 0.1) is 0 Å². The molecule has 0 aromatic heterocycles. The van der Waals surface area contributed by atoms with E-state index in [0.29, 0.717) is 12.1 Å². The number of hydrogen-bond acceptors (Lipinski definition) is 4. The van der Waals surface area contributed by atoms with Crippen LogP contribution in [-0.2, 0) is 14.3 Å². The van der Waals surface area contributed by atoms with Crippen molar-refractivity contribution >= 4 is 24.0 Å². The van der Waals surface area contributed by atoms with E-state index in [1.165, 1.54) is 4.90 Å². The van der Waals surface area contributed by atoms with Crippen LogP contribution in [0.2, 0.25) is 0 Å². The minimum Gasteiger partial charge on any atom is -0.444 e. The highest BCUT2D eigenvalue weighted by Crippen LogP contribution is 2.23. The van der Waals surface area contributed by atoms with Gasteiger partial charge in [-0.1, -0.05) is 30.9 Å². The van der Waals surface area contributed by atoms with Crippen LogP contribution >= 0.6 is 0 Å². The molecular formula is C22H33N3O4. The summed E-state index contributed by atoms with van der Waals surface area (Å²) in [5.41, 5.74) is 0.857. The van der Waals surface area contributed by atoms with E-state index in [-0.39, 0.29) is 24.4 Å². The van der Waals surface area contributed by atoms with Gasteiger partial charge in [0.1, 0.15) is 18.2 Å². The van der Waals surface area contributed by atoms with Gasteiger partial charge in [0.25, 0.3) is 0 Å². The number of alkyl carbamates (subject to hydrolysis) is 1. The molecule has 1 aromatic carbocycles. The minimum absolute atomic E-state index is 0.0821. The van der Waals surface area contributed by atoms with Gasteiger partial charge in [0, 0.05) is 12.6 Å². The highest BCUT2D eigenvalue weighted by atomic mass is 16.6. The monoisotopic (exact) mass is 403 g/mol. The van der Waals surface area contributed by atoms with Crippen LogP contribution < -0.4 is 10.6 Å². The molecule has 160 valence electrons. The summed E-state index contributed by atoms with van der Waals surface area (Å²) in [5.74, 6) is -0.667. The lowest BCUT2D eigenvalue weighted by Gasteiger charge is -2.31. The number of carbonyl (C=O) groups is 3. The van der Waals surface area contributed by atoms with Gasteiger partial charge in [-0.15, -0.1) is 0 Å². The van der Waals surface area contributed by atoms with Crippen molar-refractivity contribution in [3.63, 3.8) is 0 Å². The Labute approximate surface area is 173 Å². The smallest absolute Gasteiger partial charge is 0.408 e. The van der Waals surface area contributed by atoms with Gasteiger partial charge in [0.2, 0.25) is 11.8 Å². The fourth-order valence-corrected chi connectivity index (χ4v) is 2.76. The molecule has 0 saturated heterocycles. The number of amides is 3. The van der Waals surface area contributed by atoms with E-state index in [1.54, 1.807) is 39.8 Å². The number of ether oxygens (including phenoxy) is 1. The number of benzene rings is 1. The lowest BCUT2D eigenvalue weighted by atomic mass is 10.0. The van der Waals surface area contributed by atoms with Gasteiger partial charge in [-0.3, -0.25) is 9.59 Å². The van der Waals surface area contributed by atoms with E-state index in [1.807, 2.05) is 32.0 Å². The maximum Gasteiger partial charge on any atom is 0.408 e. The molecule has 0 radical (unpaired) electrons. The Morgan fingerprint density at radius 3 is 2.41 bits per heavy atom. The quantitative estimate of drug-likeness (QED) is 0.697. The SMILES string of the molecule is C=Cc1cccc(C(C(=O)NC(C)C)N(CC)C(=O)CNC(=O)OC(C)(C)C)c1. The Bertz CT molecular complexity index is 738. The first-order chi connectivity index (χ1) is 13.5. The fourth-order valence-electron chi connectivity index (χ4n) is 2.76. The lowest BCUT2D eigenvalue weighted by molar-refractivity contribution is -0.140. The van der Waals surface area contributed by atoms with Crippen molar-refractivity contribution in [2.24, 2.45) is 0 Å². The number of nitrogens with one attached hydrogen (secondary N) is 2. The highest BCUT2D eigenvalue weighted by molar-refractivity contribution is 5.90. The zero-order chi connectivity index (χ0) is 22.2. The zero-order valence-electron chi connectivity index (χ0n) is 18.2. The van der Waals surface area contributed by atoms with Crippen LogP contribution in [0.4, 0.5) is 4.79 Å². The van der Waals surface area contributed by atoms with Crippen LogP contribution in [-0.4, -0.2) is 47.5 Å². The molecule has 2 N–H and O–H groups in total. The van der Waals surface area contributed by atoms with E-state index < -0.39 is 17.7 Å². The first-order valence-electron chi connectivity index (χ1n) is 9.77. The number of carbonyl (C=O) groups excluding carboxylic acids is 3. The summed E-state index contributed by atoms with van der Waals surface area (Å²) in [7, 11) is 0. The molecule has 0 saturated carbocycles. The highest BCUT2D eigenvalue weighted by Gasteiger charge is 2.31. The Morgan fingerprint density at radius 1 is 1.24 bits per heavy atom. The lowest BCUT2D eigenvalue weighted by Crippen LogP contribution is -2.48. The standard InChI is InChI=1S/C22H33N3O4/c1-8-16-11-10-12-17(13-16)19(20(27)24-15(3)4)25(9-2)18(26)14-23-21(28)29-22(5,6)7/h8,10-13,15,19H,1,9,14H2,2-7H3,(H,23,28)(H,24,27). The Balaban J connectivity index is 3.09. The summed E-state index contributed by atoms with van der Waals surface area (Å²) in [4.78, 5) is 39.1. The largest absolute Gasteiger partial charge is 0.444 e. The van der Waals surface area contributed by atoms with Gasteiger partial charge in [0.15, 0.2) is 0 Å². The molecule has 7 heteroatoms. The number of hydrogen-bond donors (Lipinski definition) is 2. The molecule has 29 heavy (non-hydrogen) atoms. The summed E-state index contributed by atoms with van der Waals surface area (Å²) in [6, 6.07) is 6.41. The van der Waals surface area contributed by atoms with Crippen molar-refractivity contribution in [3.05, 3.63) is 42.0 Å². The molecule has 0 aliphatic heterocycles. The van der Waals surface area contributed by atoms with E-state index in [4.69, 9.17) is 4.74 Å². The first kappa shape index (κ1) is 24.2. The van der Waals surface area contributed by atoms with Crippen molar-refractivity contribution in [3.8, 4) is 0 Å². The van der Waals surface area contributed by atoms with Gasteiger partial charge in [-0.2, -0.15) is 0 Å². The molecule has 0 aliphatic carbocycles. The second-order valence-electron chi connectivity index (χ2n) is 7.98. The van der Waals surface area contributed by atoms with Gasteiger partial charge < -0.3 is 20.3 Å². The fraction of sp³-hybridized carbons (Fsp3) is 0.500. The van der Waals surface area contributed by atoms with E-state index in [9.17, 15) is 14.4 Å². The third kappa shape index (κ3) is 7.97. The van der Waals surface area contributed by atoms with Crippen LogP contribution in [0.3, 0.4) is 0 Å². The third-order valence-electron chi connectivity index (χ3n) is 3.90. The normalized spacial score (nSPS) is 12.1. The van der Waals surface area contributed by atoms with Crippen LogP contribution in [0.5, 0.6) is 0 Å². The molecule has 3 amide bonds. The predicted octanol–water partition coefficient (Wildman–Crippen LogP) is 3.27. The number of rotatable bonds is 8. The van der Waals surface area contributed by atoms with E-state index >= 15 is 0 Å². The summed E-state index contributed by atoms with van der Waals surface area (Å²) in [5, 5.41) is 5.34. The molecule has 7 nitrogen and oxygen atoms in total. The van der Waals surface area contributed by atoms with E-state index in [2.05, 4.69) is 17.2 Å². The molecule has 0 fully saturated rings. The summed E-state index contributed by atoms with van der Waals surface area (Å²) >= 11 is 0. The van der Waals surface area contributed by atoms with Crippen LogP contribution in [0.15, 0.2) is 30.8 Å². The molecule has 1 rings (SSSR count). The second-order valence-corrected chi connectivity index (χ2v) is 7.98. The van der Waals surface area contributed by atoms with Crippen LogP contribution in [0.25, 0.3) is 6.08 Å². The van der Waals surface area contributed by atoms with Crippen LogP contribution in [0.1, 0.15) is 58.7 Å².